The Hall–Kier alpha value is -2.80. The highest BCUT2D eigenvalue weighted by Crippen LogP contribution is 2.19. The minimum Gasteiger partial charge on any atom is -0.491 e. The zero-order valence-electron chi connectivity index (χ0n) is 12.9. The van der Waals surface area contributed by atoms with E-state index in [1.165, 1.54) is 12.1 Å². The van der Waals surface area contributed by atoms with Gasteiger partial charge in [0.05, 0.1) is 6.10 Å². The molecular formula is C17H17NO6. The van der Waals surface area contributed by atoms with Crippen molar-refractivity contribution in [1.29, 1.82) is 0 Å². The summed E-state index contributed by atoms with van der Waals surface area (Å²) in [6.07, 6.45) is 2.22. The number of hydrogen-bond acceptors (Lipinski definition) is 5. The van der Waals surface area contributed by atoms with E-state index in [4.69, 9.17) is 19.0 Å². The highest BCUT2D eigenvalue weighted by atomic mass is 16.5. The van der Waals surface area contributed by atoms with E-state index in [1.54, 1.807) is 24.3 Å². The third-order valence-corrected chi connectivity index (χ3v) is 3.61. The van der Waals surface area contributed by atoms with Crippen LogP contribution in [0.25, 0.3) is 0 Å². The number of anilines is 1. The number of aromatic carboxylic acids is 1. The predicted octanol–water partition coefficient (Wildman–Crippen LogP) is 2.79. The predicted molar refractivity (Wildman–Crippen MR) is 84.5 cm³/mol. The Labute approximate surface area is 138 Å². The Morgan fingerprint density at radius 1 is 1.17 bits per heavy atom. The van der Waals surface area contributed by atoms with Gasteiger partial charge < -0.3 is 24.3 Å². The summed E-state index contributed by atoms with van der Waals surface area (Å²) in [5.74, 6) is -1.39. The van der Waals surface area contributed by atoms with Crippen molar-refractivity contribution in [2.45, 2.75) is 18.9 Å². The maximum absolute atomic E-state index is 12.0. The SMILES string of the molecule is O=C(O)c1ccc(C(=O)Nc2ccc(OCC3CCCO3)cc2)o1. The Balaban J connectivity index is 1.54. The molecule has 1 aliphatic rings. The van der Waals surface area contributed by atoms with Gasteiger partial charge in [0.2, 0.25) is 5.76 Å². The summed E-state index contributed by atoms with van der Waals surface area (Å²) in [6.45, 7) is 1.30. The molecule has 2 heterocycles. The molecule has 24 heavy (non-hydrogen) atoms. The normalized spacial score (nSPS) is 16.8. The van der Waals surface area contributed by atoms with Crippen LogP contribution in [0.5, 0.6) is 5.75 Å². The number of carboxylic acids is 1. The van der Waals surface area contributed by atoms with E-state index in [-0.39, 0.29) is 17.6 Å². The third kappa shape index (κ3) is 3.94. The number of carbonyl (C=O) groups excluding carboxylic acids is 1. The molecule has 7 heteroatoms. The molecule has 1 aromatic heterocycles. The summed E-state index contributed by atoms with van der Waals surface area (Å²) in [6, 6.07) is 9.44. The number of carbonyl (C=O) groups is 2. The molecule has 1 aliphatic heterocycles. The van der Waals surface area contributed by atoms with Crippen LogP contribution in [0.3, 0.4) is 0 Å². The van der Waals surface area contributed by atoms with Gasteiger partial charge >= 0.3 is 5.97 Å². The maximum atomic E-state index is 12.0. The molecule has 2 aromatic rings. The second-order valence-corrected chi connectivity index (χ2v) is 5.39. The summed E-state index contributed by atoms with van der Waals surface area (Å²) < 4.78 is 16.1. The smallest absolute Gasteiger partial charge is 0.371 e. The van der Waals surface area contributed by atoms with Crippen molar-refractivity contribution in [2.24, 2.45) is 0 Å². The van der Waals surface area contributed by atoms with Gasteiger partial charge in [-0.05, 0) is 49.2 Å². The fraction of sp³-hybridized carbons (Fsp3) is 0.294. The van der Waals surface area contributed by atoms with E-state index < -0.39 is 11.9 Å². The van der Waals surface area contributed by atoms with E-state index in [0.717, 1.165) is 19.4 Å². The van der Waals surface area contributed by atoms with E-state index in [2.05, 4.69) is 5.32 Å². The minimum atomic E-state index is -1.22. The Morgan fingerprint density at radius 3 is 2.54 bits per heavy atom. The standard InChI is InChI=1S/C17H17NO6/c19-16(14-7-8-15(24-14)17(20)21)18-11-3-5-12(6-4-11)23-10-13-2-1-9-22-13/h3-8,13H,1-2,9-10H2,(H,18,19)(H,20,21). The maximum Gasteiger partial charge on any atom is 0.371 e. The molecule has 0 aliphatic carbocycles. The molecular weight excluding hydrogens is 314 g/mol. The quantitative estimate of drug-likeness (QED) is 0.844. The molecule has 0 saturated carbocycles. The number of ether oxygens (including phenoxy) is 2. The second-order valence-electron chi connectivity index (χ2n) is 5.39. The van der Waals surface area contributed by atoms with Gasteiger partial charge in [-0.2, -0.15) is 0 Å². The van der Waals surface area contributed by atoms with Crippen molar-refractivity contribution in [2.75, 3.05) is 18.5 Å². The molecule has 2 N–H and O–H groups in total. The number of carboxylic acid groups (broad SMARTS) is 1. The zero-order valence-corrected chi connectivity index (χ0v) is 12.9. The molecule has 1 aromatic carbocycles. The average Bonchev–Trinajstić information content (AvgIpc) is 3.26. The molecule has 1 saturated heterocycles. The highest BCUT2D eigenvalue weighted by Gasteiger charge is 2.16. The van der Waals surface area contributed by atoms with Crippen LogP contribution in [0.15, 0.2) is 40.8 Å². The fourth-order valence-corrected chi connectivity index (χ4v) is 2.37. The van der Waals surface area contributed by atoms with Gasteiger partial charge in [0.15, 0.2) is 5.76 Å². The van der Waals surface area contributed by atoms with Crippen molar-refractivity contribution < 1.29 is 28.6 Å². The van der Waals surface area contributed by atoms with Crippen LogP contribution in [0.1, 0.15) is 34.0 Å². The van der Waals surface area contributed by atoms with Gasteiger partial charge in [-0.15, -0.1) is 0 Å². The van der Waals surface area contributed by atoms with Crippen molar-refractivity contribution in [3.8, 4) is 5.75 Å². The van der Waals surface area contributed by atoms with Crippen LogP contribution in [0, 0.1) is 0 Å². The van der Waals surface area contributed by atoms with Gasteiger partial charge in [-0.1, -0.05) is 0 Å². The van der Waals surface area contributed by atoms with Crippen molar-refractivity contribution >= 4 is 17.6 Å². The van der Waals surface area contributed by atoms with Crippen molar-refractivity contribution in [3.63, 3.8) is 0 Å². The van der Waals surface area contributed by atoms with Crippen molar-refractivity contribution in [1.82, 2.24) is 0 Å². The molecule has 0 radical (unpaired) electrons. The van der Waals surface area contributed by atoms with Crippen LogP contribution in [0.2, 0.25) is 0 Å². The lowest BCUT2D eigenvalue weighted by Crippen LogP contribution is -2.16. The molecule has 126 valence electrons. The Bertz CT molecular complexity index is 715. The molecule has 1 amide bonds. The largest absolute Gasteiger partial charge is 0.491 e. The first-order chi connectivity index (χ1) is 11.6. The number of furan rings is 1. The lowest BCUT2D eigenvalue weighted by Gasteiger charge is -2.11. The molecule has 3 rings (SSSR count). The monoisotopic (exact) mass is 331 g/mol. The van der Waals surface area contributed by atoms with Gasteiger partial charge in [-0.25, -0.2) is 4.79 Å². The summed E-state index contributed by atoms with van der Waals surface area (Å²) in [7, 11) is 0. The van der Waals surface area contributed by atoms with E-state index >= 15 is 0 Å². The summed E-state index contributed by atoms with van der Waals surface area (Å²) in [4.78, 5) is 22.7. The summed E-state index contributed by atoms with van der Waals surface area (Å²) in [5, 5.41) is 11.4. The topological polar surface area (TPSA) is 98.0 Å². The number of amides is 1. The number of benzene rings is 1. The zero-order chi connectivity index (χ0) is 16.9. The lowest BCUT2D eigenvalue weighted by atomic mass is 10.2. The molecule has 7 nitrogen and oxygen atoms in total. The van der Waals surface area contributed by atoms with Gasteiger partial charge in [-0.3, -0.25) is 4.79 Å². The van der Waals surface area contributed by atoms with Gasteiger partial charge in [0.25, 0.3) is 5.91 Å². The van der Waals surface area contributed by atoms with E-state index in [1.807, 2.05) is 0 Å². The Morgan fingerprint density at radius 2 is 1.92 bits per heavy atom. The average molecular weight is 331 g/mol. The molecule has 0 bridgehead atoms. The van der Waals surface area contributed by atoms with Crippen molar-refractivity contribution in [3.05, 3.63) is 47.9 Å². The first kappa shape index (κ1) is 16.1. The third-order valence-electron chi connectivity index (χ3n) is 3.61. The van der Waals surface area contributed by atoms with E-state index in [0.29, 0.717) is 18.0 Å². The van der Waals surface area contributed by atoms with Crippen LogP contribution >= 0.6 is 0 Å². The fourth-order valence-electron chi connectivity index (χ4n) is 2.37. The minimum absolute atomic E-state index is 0.0638. The first-order valence-corrected chi connectivity index (χ1v) is 7.61. The van der Waals surface area contributed by atoms with Gasteiger partial charge in [0.1, 0.15) is 12.4 Å². The molecule has 1 atom stereocenters. The number of nitrogens with one attached hydrogen (secondary N) is 1. The Kier molecular flexibility index (Phi) is 4.81. The lowest BCUT2D eigenvalue weighted by molar-refractivity contribution is 0.0660. The number of rotatable bonds is 6. The number of hydrogen-bond donors (Lipinski definition) is 2. The molecule has 1 unspecified atom stereocenters. The second kappa shape index (κ2) is 7.18. The summed E-state index contributed by atoms with van der Waals surface area (Å²) in [5.41, 5.74) is 0.553. The molecule has 1 fully saturated rings. The van der Waals surface area contributed by atoms with Crippen LogP contribution < -0.4 is 10.1 Å². The molecule has 0 spiro atoms. The van der Waals surface area contributed by atoms with Crippen LogP contribution in [-0.2, 0) is 4.74 Å². The van der Waals surface area contributed by atoms with E-state index in [9.17, 15) is 9.59 Å². The van der Waals surface area contributed by atoms with Crippen LogP contribution in [-0.4, -0.2) is 36.3 Å². The van der Waals surface area contributed by atoms with Gasteiger partial charge in [0, 0.05) is 12.3 Å². The highest BCUT2D eigenvalue weighted by molar-refractivity contribution is 6.02. The summed E-state index contributed by atoms with van der Waals surface area (Å²) >= 11 is 0. The first-order valence-electron chi connectivity index (χ1n) is 7.61. The van der Waals surface area contributed by atoms with Crippen LogP contribution in [0.4, 0.5) is 5.69 Å².